The molecule has 0 bridgehead atoms. The third-order valence-corrected chi connectivity index (χ3v) is 5.05. The minimum absolute atomic E-state index is 0.0241. The van der Waals surface area contributed by atoms with Crippen molar-refractivity contribution in [3.63, 3.8) is 0 Å². The Morgan fingerprint density at radius 2 is 1.71 bits per heavy atom. The van der Waals surface area contributed by atoms with Crippen LogP contribution in [-0.4, -0.2) is 43.7 Å². The smallest absolute Gasteiger partial charge is 0.227 e. The van der Waals surface area contributed by atoms with Gasteiger partial charge in [0.25, 0.3) is 0 Å². The van der Waals surface area contributed by atoms with Crippen molar-refractivity contribution in [3.05, 3.63) is 53.3 Å². The molecule has 0 atom stereocenters. The van der Waals surface area contributed by atoms with Crippen LogP contribution in [0.4, 0.5) is 11.5 Å². The van der Waals surface area contributed by atoms with Gasteiger partial charge in [0.05, 0.1) is 0 Å². The lowest BCUT2D eigenvalue weighted by Crippen LogP contribution is -2.38. The van der Waals surface area contributed by atoms with E-state index in [1.54, 1.807) is 29.2 Å². The molecule has 144 valence electrons. The van der Waals surface area contributed by atoms with Crippen molar-refractivity contribution >= 4 is 40.6 Å². The molecule has 1 amide bonds. The van der Waals surface area contributed by atoms with E-state index in [1.165, 1.54) is 12.7 Å². The molecular formula is C18H17Cl2N7O. The second kappa shape index (κ2) is 8.12. The van der Waals surface area contributed by atoms with Crippen LogP contribution in [0.25, 0.3) is 5.82 Å². The molecule has 1 aromatic carbocycles. The van der Waals surface area contributed by atoms with Gasteiger partial charge in [-0.05, 0) is 31.0 Å². The molecule has 3 aromatic rings. The summed E-state index contributed by atoms with van der Waals surface area (Å²) in [7, 11) is 0. The summed E-state index contributed by atoms with van der Waals surface area (Å²) >= 11 is 12.0. The maximum Gasteiger partial charge on any atom is 0.227 e. The van der Waals surface area contributed by atoms with Gasteiger partial charge in [-0.15, -0.1) is 0 Å². The zero-order chi connectivity index (χ0) is 19.5. The van der Waals surface area contributed by atoms with Gasteiger partial charge in [-0.3, -0.25) is 4.79 Å². The van der Waals surface area contributed by atoms with Crippen molar-refractivity contribution in [2.75, 3.05) is 23.3 Å². The Kier molecular flexibility index (Phi) is 5.40. The van der Waals surface area contributed by atoms with Gasteiger partial charge in [0.2, 0.25) is 5.91 Å². The Bertz CT molecular complexity index is 952. The summed E-state index contributed by atoms with van der Waals surface area (Å²) < 4.78 is 1.58. The van der Waals surface area contributed by atoms with Crippen LogP contribution in [0.3, 0.4) is 0 Å². The zero-order valence-corrected chi connectivity index (χ0v) is 16.3. The first kappa shape index (κ1) is 18.6. The number of rotatable bonds is 4. The Labute approximate surface area is 171 Å². The molecule has 1 aliphatic rings. The third kappa shape index (κ3) is 4.23. The van der Waals surface area contributed by atoms with Crippen molar-refractivity contribution in [1.29, 1.82) is 0 Å². The van der Waals surface area contributed by atoms with Crippen molar-refractivity contribution in [2.45, 2.75) is 12.8 Å². The first-order valence-electron chi connectivity index (χ1n) is 8.77. The molecule has 0 unspecified atom stereocenters. The highest BCUT2D eigenvalue weighted by atomic mass is 35.5. The highest BCUT2D eigenvalue weighted by Crippen LogP contribution is 2.26. The number of hydrogen-bond donors (Lipinski definition) is 1. The lowest BCUT2D eigenvalue weighted by atomic mass is 9.96. The predicted octanol–water partition coefficient (Wildman–Crippen LogP) is 3.22. The number of carbonyl (C=O) groups is 1. The number of piperidine rings is 1. The minimum atomic E-state index is -0.0781. The minimum Gasteiger partial charge on any atom is -0.356 e. The van der Waals surface area contributed by atoms with E-state index in [0.717, 1.165) is 31.7 Å². The second-order valence-corrected chi connectivity index (χ2v) is 7.36. The number of benzene rings is 1. The van der Waals surface area contributed by atoms with E-state index in [4.69, 9.17) is 23.2 Å². The molecular weight excluding hydrogens is 401 g/mol. The van der Waals surface area contributed by atoms with Crippen molar-refractivity contribution < 1.29 is 4.79 Å². The first-order chi connectivity index (χ1) is 13.6. The maximum atomic E-state index is 12.6. The van der Waals surface area contributed by atoms with E-state index >= 15 is 0 Å². The highest BCUT2D eigenvalue weighted by Gasteiger charge is 2.26. The Balaban J connectivity index is 1.38. The Morgan fingerprint density at radius 3 is 2.39 bits per heavy atom. The van der Waals surface area contributed by atoms with Crippen LogP contribution < -0.4 is 10.2 Å². The monoisotopic (exact) mass is 417 g/mol. The molecule has 8 nitrogen and oxygen atoms in total. The van der Waals surface area contributed by atoms with Gasteiger partial charge in [-0.25, -0.2) is 19.6 Å². The zero-order valence-electron chi connectivity index (χ0n) is 14.8. The lowest BCUT2D eigenvalue weighted by molar-refractivity contribution is -0.120. The molecule has 1 N–H and O–H groups in total. The van der Waals surface area contributed by atoms with Crippen LogP contribution in [0.2, 0.25) is 10.0 Å². The number of carbonyl (C=O) groups excluding carboxylic acids is 1. The van der Waals surface area contributed by atoms with Gasteiger partial charge >= 0.3 is 0 Å². The van der Waals surface area contributed by atoms with Crippen LogP contribution in [-0.2, 0) is 4.79 Å². The molecule has 1 aliphatic heterocycles. The van der Waals surface area contributed by atoms with E-state index in [1.807, 2.05) is 6.07 Å². The second-order valence-electron chi connectivity index (χ2n) is 6.48. The molecule has 4 rings (SSSR count). The summed E-state index contributed by atoms with van der Waals surface area (Å²) in [5.41, 5.74) is 0.609. The number of halogens is 2. The molecule has 1 fully saturated rings. The van der Waals surface area contributed by atoms with Gasteiger partial charge in [0, 0.05) is 40.8 Å². The number of hydrogen-bond acceptors (Lipinski definition) is 6. The van der Waals surface area contributed by atoms with Crippen LogP contribution in [0.5, 0.6) is 0 Å². The van der Waals surface area contributed by atoms with Crippen LogP contribution in [0.1, 0.15) is 12.8 Å². The summed E-state index contributed by atoms with van der Waals surface area (Å²) in [6.07, 6.45) is 6.00. The van der Waals surface area contributed by atoms with Crippen molar-refractivity contribution in [1.82, 2.24) is 24.7 Å². The van der Waals surface area contributed by atoms with Gasteiger partial charge in [0.1, 0.15) is 24.8 Å². The van der Waals surface area contributed by atoms with E-state index in [9.17, 15) is 4.79 Å². The molecule has 0 aliphatic carbocycles. The Hall–Kier alpha value is -2.71. The average molecular weight is 418 g/mol. The van der Waals surface area contributed by atoms with E-state index < -0.39 is 0 Å². The SMILES string of the molecule is O=C(Nc1cc(Cl)cc(Cl)c1)C1CCN(c2cc(-n3cncn3)ncn2)CC1. The standard InChI is InChI=1S/C18H17Cl2N7O/c19-13-5-14(20)7-15(6-13)25-18(28)12-1-3-26(4-2-12)16-8-17(23-10-22-16)27-11-21-9-24-27/h5-12H,1-4H2,(H,25,28). The summed E-state index contributed by atoms with van der Waals surface area (Å²) in [6, 6.07) is 6.87. The predicted molar refractivity (Wildman–Crippen MR) is 107 cm³/mol. The number of anilines is 2. The molecule has 2 aromatic heterocycles. The van der Waals surface area contributed by atoms with Crippen LogP contribution in [0.15, 0.2) is 43.2 Å². The molecule has 0 spiro atoms. The summed E-state index contributed by atoms with van der Waals surface area (Å²) in [5, 5.41) is 7.97. The quantitative estimate of drug-likeness (QED) is 0.700. The van der Waals surface area contributed by atoms with Gasteiger partial charge in [-0.2, -0.15) is 5.10 Å². The van der Waals surface area contributed by atoms with Crippen LogP contribution >= 0.6 is 23.2 Å². The maximum absolute atomic E-state index is 12.6. The van der Waals surface area contributed by atoms with Gasteiger partial charge in [0.15, 0.2) is 5.82 Å². The summed E-state index contributed by atoms with van der Waals surface area (Å²) in [4.78, 5) is 27.2. The van der Waals surface area contributed by atoms with E-state index in [-0.39, 0.29) is 11.8 Å². The van der Waals surface area contributed by atoms with Crippen molar-refractivity contribution in [2.24, 2.45) is 5.92 Å². The molecule has 10 heteroatoms. The summed E-state index contributed by atoms with van der Waals surface area (Å²) in [5.74, 6) is 1.36. The largest absolute Gasteiger partial charge is 0.356 e. The molecule has 3 heterocycles. The lowest BCUT2D eigenvalue weighted by Gasteiger charge is -2.32. The Morgan fingerprint density at radius 1 is 1.00 bits per heavy atom. The third-order valence-electron chi connectivity index (χ3n) is 4.61. The first-order valence-corrected chi connectivity index (χ1v) is 9.53. The molecule has 0 saturated carbocycles. The summed E-state index contributed by atoms with van der Waals surface area (Å²) in [6.45, 7) is 1.45. The number of aromatic nitrogens is 5. The fraction of sp³-hybridized carbons (Fsp3) is 0.278. The average Bonchev–Trinajstić information content (AvgIpc) is 3.22. The fourth-order valence-electron chi connectivity index (χ4n) is 3.20. The number of nitrogens with zero attached hydrogens (tertiary/aromatic N) is 6. The van der Waals surface area contributed by atoms with Crippen molar-refractivity contribution in [3.8, 4) is 5.82 Å². The highest BCUT2D eigenvalue weighted by molar-refractivity contribution is 6.35. The molecule has 1 saturated heterocycles. The fourth-order valence-corrected chi connectivity index (χ4v) is 3.73. The number of nitrogens with one attached hydrogen (secondary N) is 1. The van der Waals surface area contributed by atoms with Gasteiger partial charge < -0.3 is 10.2 Å². The van der Waals surface area contributed by atoms with E-state index in [0.29, 0.717) is 21.6 Å². The van der Waals surface area contributed by atoms with Crippen LogP contribution in [0, 0.1) is 5.92 Å². The normalized spacial score (nSPS) is 14.9. The topological polar surface area (TPSA) is 88.8 Å². The molecule has 0 radical (unpaired) electrons. The van der Waals surface area contributed by atoms with Gasteiger partial charge in [-0.1, -0.05) is 23.2 Å². The number of amides is 1. The van der Waals surface area contributed by atoms with E-state index in [2.05, 4.69) is 30.3 Å². The molecule has 28 heavy (non-hydrogen) atoms.